The minimum Gasteiger partial charge on any atom is -0.397 e. The van der Waals surface area contributed by atoms with Crippen molar-refractivity contribution in [3.8, 4) is 0 Å². The Labute approximate surface area is 132 Å². The van der Waals surface area contributed by atoms with E-state index in [1.165, 1.54) is 0 Å². The highest BCUT2D eigenvalue weighted by Gasteiger charge is 2.14. The molecule has 0 aliphatic carbocycles. The molecule has 0 saturated heterocycles. The molecule has 3 N–H and O–H groups in total. The van der Waals surface area contributed by atoms with Crippen molar-refractivity contribution in [1.29, 1.82) is 0 Å². The number of benzene rings is 1. The largest absolute Gasteiger partial charge is 0.397 e. The van der Waals surface area contributed by atoms with Crippen LogP contribution in [0.25, 0.3) is 0 Å². The molecule has 4 nitrogen and oxygen atoms in total. The van der Waals surface area contributed by atoms with Crippen LogP contribution >= 0.6 is 11.6 Å². The molecular weight excluding hydrogens is 286 g/mol. The summed E-state index contributed by atoms with van der Waals surface area (Å²) in [4.78, 5) is 14.3. The molecule has 1 aromatic carbocycles. The van der Waals surface area contributed by atoms with Gasteiger partial charge in [0.1, 0.15) is 0 Å². The molecule has 0 atom stereocenters. The molecule has 0 aromatic heterocycles. The number of carbonyl (C=O) groups is 1. The third kappa shape index (κ3) is 5.94. The lowest BCUT2D eigenvalue weighted by molar-refractivity contribution is -0.117. The van der Waals surface area contributed by atoms with Crippen LogP contribution in [0.1, 0.15) is 33.6 Å². The summed E-state index contributed by atoms with van der Waals surface area (Å²) in [5.74, 6) is 0.593. The van der Waals surface area contributed by atoms with Crippen molar-refractivity contribution in [2.24, 2.45) is 5.92 Å². The molecule has 0 radical (unpaired) electrons. The van der Waals surface area contributed by atoms with E-state index < -0.39 is 0 Å². The molecule has 0 aliphatic heterocycles. The van der Waals surface area contributed by atoms with Crippen molar-refractivity contribution in [2.45, 2.75) is 33.6 Å². The lowest BCUT2D eigenvalue weighted by Gasteiger charge is -2.24. The molecule has 0 aliphatic rings. The fraction of sp³-hybridized carbons (Fsp3) is 0.562. The molecular formula is C16H26ClN3O. The summed E-state index contributed by atoms with van der Waals surface area (Å²) in [6.07, 6.45) is 2.28. The highest BCUT2D eigenvalue weighted by atomic mass is 35.5. The number of nitrogens with one attached hydrogen (secondary N) is 1. The van der Waals surface area contributed by atoms with E-state index in [4.69, 9.17) is 17.3 Å². The maximum Gasteiger partial charge on any atom is 0.238 e. The molecule has 5 heteroatoms. The van der Waals surface area contributed by atoms with E-state index in [9.17, 15) is 4.79 Å². The number of nitrogens with two attached hydrogens (primary N) is 1. The van der Waals surface area contributed by atoms with Crippen molar-refractivity contribution in [1.82, 2.24) is 4.90 Å². The number of rotatable bonds is 8. The number of halogens is 1. The Hall–Kier alpha value is -1.26. The molecule has 0 bridgehead atoms. The van der Waals surface area contributed by atoms with E-state index in [1.807, 2.05) is 0 Å². The average Bonchev–Trinajstić information content (AvgIpc) is 2.46. The van der Waals surface area contributed by atoms with E-state index in [-0.39, 0.29) is 5.91 Å². The molecule has 0 fully saturated rings. The van der Waals surface area contributed by atoms with Gasteiger partial charge in [-0.1, -0.05) is 45.2 Å². The summed E-state index contributed by atoms with van der Waals surface area (Å²) in [6, 6.07) is 5.08. The van der Waals surface area contributed by atoms with E-state index in [1.54, 1.807) is 18.2 Å². The first-order valence-electron chi connectivity index (χ1n) is 7.57. The molecule has 1 aromatic rings. The van der Waals surface area contributed by atoms with Gasteiger partial charge in [-0.2, -0.15) is 0 Å². The van der Waals surface area contributed by atoms with Crippen LogP contribution < -0.4 is 11.1 Å². The maximum atomic E-state index is 12.1. The van der Waals surface area contributed by atoms with Crippen molar-refractivity contribution in [3.05, 3.63) is 23.2 Å². The monoisotopic (exact) mass is 311 g/mol. The zero-order chi connectivity index (χ0) is 15.8. The van der Waals surface area contributed by atoms with E-state index in [0.717, 1.165) is 25.9 Å². The number of likely N-dealkylation sites (N-methyl/N-ethyl adjacent to an activating group) is 1. The van der Waals surface area contributed by atoms with Crippen LogP contribution in [0.4, 0.5) is 11.4 Å². The SMILES string of the molecule is CCC(CC)CN(CC)CC(=O)Nc1ccc(Cl)cc1N. The van der Waals surface area contributed by atoms with Crippen LogP contribution in [0, 0.1) is 5.92 Å². The van der Waals surface area contributed by atoms with Gasteiger partial charge >= 0.3 is 0 Å². The van der Waals surface area contributed by atoms with Gasteiger partial charge in [0.15, 0.2) is 0 Å². The van der Waals surface area contributed by atoms with Crippen molar-refractivity contribution in [2.75, 3.05) is 30.7 Å². The van der Waals surface area contributed by atoms with Gasteiger partial charge in [0, 0.05) is 11.6 Å². The summed E-state index contributed by atoms with van der Waals surface area (Å²) in [6.45, 7) is 8.65. The second kappa shape index (κ2) is 8.90. The van der Waals surface area contributed by atoms with Crippen LogP contribution in [0.3, 0.4) is 0 Å². The van der Waals surface area contributed by atoms with Gasteiger partial charge < -0.3 is 11.1 Å². The number of nitrogens with zero attached hydrogens (tertiary/aromatic N) is 1. The number of amides is 1. The summed E-state index contributed by atoms with van der Waals surface area (Å²) >= 11 is 5.85. The first kappa shape index (κ1) is 17.8. The molecule has 0 heterocycles. The average molecular weight is 312 g/mol. The fourth-order valence-corrected chi connectivity index (χ4v) is 2.44. The Morgan fingerprint density at radius 3 is 2.52 bits per heavy atom. The van der Waals surface area contributed by atoms with E-state index in [2.05, 4.69) is 31.0 Å². The predicted octanol–water partition coefficient (Wildman–Crippen LogP) is 3.62. The smallest absolute Gasteiger partial charge is 0.238 e. The van der Waals surface area contributed by atoms with Gasteiger partial charge in [0.2, 0.25) is 5.91 Å². The first-order valence-corrected chi connectivity index (χ1v) is 7.95. The van der Waals surface area contributed by atoms with Gasteiger partial charge in [0.25, 0.3) is 0 Å². The van der Waals surface area contributed by atoms with Crippen molar-refractivity contribution >= 4 is 28.9 Å². The molecule has 0 saturated carbocycles. The Balaban J connectivity index is 2.58. The highest BCUT2D eigenvalue weighted by molar-refractivity contribution is 6.31. The molecule has 1 rings (SSSR count). The zero-order valence-corrected chi connectivity index (χ0v) is 13.9. The molecule has 1 amide bonds. The molecule has 0 unspecified atom stereocenters. The fourth-order valence-electron chi connectivity index (χ4n) is 2.26. The minimum atomic E-state index is -0.0446. The predicted molar refractivity (Wildman–Crippen MR) is 90.7 cm³/mol. The summed E-state index contributed by atoms with van der Waals surface area (Å²) in [7, 11) is 0. The Morgan fingerprint density at radius 1 is 1.33 bits per heavy atom. The lowest BCUT2D eigenvalue weighted by atomic mass is 10.0. The number of anilines is 2. The lowest BCUT2D eigenvalue weighted by Crippen LogP contribution is -2.36. The van der Waals surface area contributed by atoms with E-state index >= 15 is 0 Å². The van der Waals surface area contributed by atoms with Gasteiger partial charge in [-0.3, -0.25) is 9.69 Å². The summed E-state index contributed by atoms with van der Waals surface area (Å²) < 4.78 is 0. The van der Waals surface area contributed by atoms with Gasteiger partial charge in [-0.05, 0) is 30.7 Å². The third-order valence-corrected chi connectivity index (χ3v) is 4.01. The first-order chi connectivity index (χ1) is 9.99. The second-order valence-corrected chi connectivity index (χ2v) is 5.73. The highest BCUT2D eigenvalue weighted by Crippen LogP contribution is 2.22. The normalized spacial score (nSPS) is 11.1. The Bertz CT molecular complexity index is 461. The Morgan fingerprint density at radius 2 is 2.00 bits per heavy atom. The van der Waals surface area contributed by atoms with Gasteiger partial charge in [-0.25, -0.2) is 0 Å². The van der Waals surface area contributed by atoms with Crippen molar-refractivity contribution < 1.29 is 4.79 Å². The quantitative estimate of drug-likeness (QED) is 0.721. The number of hydrogen-bond acceptors (Lipinski definition) is 3. The van der Waals surface area contributed by atoms with Gasteiger partial charge in [0.05, 0.1) is 17.9 Å². The maximum absolute atomic E-state index is 12.1. The zero-order valence-electron chi connectivity index (χ0n) is 13.2. The molecule has 0 spiro atoms. The standard InChI is InChI=1S/C16H26ClN3O/c1-4-12(5-2)10-20(6-3)11-16(21)19-15-8-7-13(17)9-14(15)18/h7-9,12H,4-6,10-11,18H2,1-3H3,(H,19,21). The van der Waals surface area contributed by atoms with E-state index in [0.29, 0.717) is 28.9 Å². The van der Waals surface area contributed by atoms with Gasteiger partial charge in [-0.15, -0.1) is 0 Å². The number of hydrogen-bond donors (Lipinski definition) is 2. The van der Waals surface area contributed by atoms with Crippen molar-refractivity contribution in [3.63, 3.8) is 0 Å². The summed E-state index contributed by atoms with van der Waals surface area (Å²) in [5.41, 5.74) is 6.94. The molecule has 118 valence electrons. The Kier molecular flexibility index (Phi) is 7.54. The topological polar surface area (TPSA) is 58.4 Å². The van der Waals surface area contributed by atoms with Crippen LogP contribution in [-0.4, -0.2) is 30.4 Å². The van der Waals surface area contributed by atoms with Crippen LogP contribution in [0.15, 0.2) is 18.2 Å². The van der Waals surface area contributed by atoms with Crippen LogP contribution in [0.5, 0.6) is 0 Å². The second-order valence-electron chi connectivity index (χ2n) is 5.29. The summed E-state index contributed by atoms with van der Waals surface area (Å²) in [5, 5.41) is 3.41. The third-order valence-electron chi connectivity index (χ3n) is 3.77. The minimum absolute atomic E-state index is 0.0446. The molecule has 21 heavy (non-hydrogen) atoms. The van der Waals surface area contributed by atoms with Crippen LogP contribution in [-0.2, 0) is 4.79 Å². The van der Waals surface area contributed by atoms with Crippen LogP contribution in [0.2, 0.25) is 5.02 Å². The number of nitrogen functional groups attached to an aromatic ring is 1. The number of carbonyl (C=O) groups excluding carboxylic acids is 1.